The molecule has 114 valence electrons. The minimum atomic E-state index is 0. The Morgan fingerprint density at radius 1 is 1.14 bits per heavy atom. The molecule has 0 saturated heterocycles. The number of hydrogen-bond acceptors (Lipinski definition) is 4. The molecule has 0 fully saturated rings. The van der Waals surface area contributed by atoms with Crippen LogP contribution >= 0.6 is 12.4 Å². The Morgan fingerprint density at radius 2 is 1.90 bits per heavy atom. The summed E-state index contributed by atoms with van der Waals surface area (Å²) < 4.78 is 5.33. The standard InChI is InChI=1S/C16H20N2O2.ClH/c1-20-16-5-3-2-4-13(16)11-18-15-7-6-14(17)10-12(15)8-9-19;/h2-7,10,18-19H,8-9,11,17H2,1H3;1H. The van der Waals surface area contributed by atoms with Crippen molar-refractivity contribution in [2.75, 3.05) is 24.8 Å². The van der Waals surface area contributed by atoms with Crippen molar-refractivity contribution in [3.05, 3.63) is 53.6 Å². The van der Waals surface area contributed by atoms with Crippen molar-refractivity contribution < 1.29 is 9.84 Å². The van der Waals surface area contributed by atoms with Gasteiger partial charge in [-0.2, -0.15) is 0 Å². The van der Waals surface area contributed by atoms with Gasteiger partial charge >= 0.3 is 0 Å². The second-order valence-corrected chi connectivity index (χ2v) is 4.56. The van der Waals surface area contributed by atoms with E-state index in [0.717, 1.165) is 22.6 Å². The van der Waals surface area contributed by atoms with Crippen LogP contribution in [0.5, 0.6) is 5.75 Å². The number of nitrogen functional groups attached to an aromatic ring is 1. The van der Waals surface area contributed by atoms with E-state index in [0.29, 0.717) is 18.7 Å². The van der Waals surface area contributed by atoms with Crippen molar-refractivity contribution >= 4 is 23.8 Å². The molecule has 4 nitrogen and oxygen atoms in total. The van der Waals surface area contributed by atoms with E-state index in [1.54, 1.807) is 7.11 Å². The zero-order valence-corrected chi connectivity index (χ0v) is 12.8. The Morgan fingerprint density at radius 3 is 2.62 bits per heavy atom. The highest BCUT2D eigenvalue weighted by Gasteiger charge is 2.05. The first-order valence-corrected chi connectivity index (χ1v) is 6.59. The molecule has 0 saturated carbocycles. The van der Waals surface area contributed by atoms with Gasteiger partial charge in [-0.1, -0.05) is 18.2 Å². The van der Waals surface area contributed by atoms with Crippen LogP contribution in [0.3, 0.4) is 0 Å². The largest absolute Gasteiger partial charge is 0.496 e. The van der Waals surface area contributed by atoms with Crippen LogP contribution < -0.4 is 15.8 Å². The van der Waals surface area contributed by atoms with Crippen LogP contribution in [0.2, 0.25) is 0 Å². The van der Waals surface area contributed by atoms with Crippen LogP contribution in [0.25, 0.3) is 0 Å². The predicted molar refractivity (Wildman–Crippen MR) is 89.2 cm³/mol. The van der Waals surface area contributed by atoms with E-state index >= 15 is 0 Å². The number of hydrogen-bond donors (Lipinski definition) is 3. The van der Waals surface area contributed by atoms with E-state index in [-0.39, 0.29) is 19.0 Å². The normalized spacial score (nSPS) is 9.81. The maximum absolute atomic E-state index is 9.11. The topological polar surface area (TPSA) is 67.5 Å². The molecular weight excluding hydrogens is 288 g/mol. The number of ether oxygens (including phenoxy) is 1. The van der Waals surface area contributed by atoms with Crippen molar-refractivity contribution in [2.45, 2.75) is 13.0 Å². The van der Waals surface area contributed by atoms with Gasteiger partial charge in [0.2, 0.25) is 0 Å². The highest BCUT2D eigenvalue weighted by atomic mass is 35.5. The van der Waals surface area contributed by atoms with Gasteiger partial charge in [0.15, 0.2) is 0 Å². The van der Waals surface area contributed by atoms with Crippen LogP contribution in [-0.4, -0.2) is 18.8 Å². The molecule has 0 aromatic heterocycles. The number of benzene rings is 2. The predicted octanol–water partition coefficient (Wildman–Crippen LogP) is 2.85. The summed E-state index contributed by atoms with van der Waals surface area (Å²) in [5.74, 6) is 0.860. The van der Waals surface area contributed by atoms with Crippen molar-refractivity contribution in [2.24, 2.45) is 0 Å². The molecule has 21 heavy (non-hydrogen) atoms. The van der Waals surface area contributed by atoms with Gasteiger partial charge in [0.1, 0.15) is 5.75 Å². The lowest BCUT2D eigenvalue weighted by atomic mass is 10.1. The number of rotatable bonds is 6. The highest BCUT2D eigenvalue weighted by Crippen LogP contribution is 2.23. The summed E-state index contributed by atoms with van der Waals surface area (Å²) in [5, 5.41) is 12.5. The van der Waals surface area contributed by atoms with Gasteiger partial charge in [-0.3, -0.25) is 0 Å². The number of halogens is 1. The number of aliphatic hydroxyl groups is 1. The van der Waals surface area contributed by atoms with Gasteiger partial charge < -0.3 is 20.9 Å². The summed E-state index contributed by atoms with van der Waals surface area (Å²) in [6.45, 7) is 0.763. The van der Waals surface area contributed by atoms with Gasteiger partial charge in [-0.05, 0) is 36.2 Å². The maximum atomic E-state index is 9.11. The van der Waals surface area contributed by atoms with Crippen molar-refractivity contribution in [1.29, 1.82) is 0 Å². The minimum absolute atomic E-state index is 0. The first-order chi connectivity index (χ1) is 9.74. The lowest BCUT2D eigenvalue weighted by molar-refractivity contribution is 0.300. The zero-order chi connectivity index (χ0) is 14.4. The highest BCUT2D eigenvalue weighted by molar-refractivity contribution is 5.85. The second-order valence-electron chi connectivity index (χ2n) is 4.56. The lowest BCUT2D eigenvalue weighted by Gasteiger charge is -2.14. The third-order valence-electron chi connectivity index (χ3n) is 3.17. The molecule has 2 rings (SSSR count). The number of aliphatic hydroxyl groups excluding tert-OH is 1. The Balaban J connectivity index is 0.00000220. The molecular formula is C16H21ClN2O2. The van der Waals surface area contributed by atoms with Crippen LogP contribution in [-0.2, 0) is 13.0 Å². The van der Waals surface area contributed by atoms with E-state index in [1.807, 2.05) is 42.5 Å². The van der Waals surface area contributed by atoms with Crippen LogP contribution in [0, 0.1) is 0 Å². The SMILES string of the molecule is COc1ccccc1CNc1ccc(N)cc1CCO.Cl. The minimum Gasteiger partial charge on any atom is -0.496 e. The fourth-order valence-electron chi connectivity index (χ4n) is 2.15. The van der Waals surface area contributed by atoms with Gasteiger partial charge in [-0.25, -0.2) is 0 Å². The zero-order valence-electron chi connectivity index (χ0n) is 12.0. The molecule has 0 bridgehead atoms. The molecule has 0 aliphatic carbocycles. The van der Waals surface area contributed by atoms with E-state index in [2.05, 4.69) is 5.32 Å². The third kappa shape index (κ3) is 4.55. The monoisotopic (exact) mass is 308 g/mol. The summed E-state index contributed by atoms with van der Waals surface area (Å²) in [7, 11) is 1.67. The Labute approximate surface area is 131 Å². The van der Waals surface area contributed by atoms with E-state index in [1.165, 1.54) is 0 Å². The van der Waals surface area contributed by atoms with Crippen molar-refractivity contribution in [3.8, 4) is 5.75 Å². The molecule has 2 aromatic rings. The Hall–Kier alpha value is -1.91. The van der Waals surface area contributed by atoms with Crippen molar-refractivity contribution in [1.82, 2.24) is 0 Å². The van der Waals surface area contributed by atoms with Crippen LogP contribution in [0.1, 0.15) is 11.1 Å². The third-order valence-corrected chi connectivity index (χ3v) is 3.17. The number of para-hydroxylation sites is 1. The van der Waals surface area contributed by atoms with Crippen LogP contribution in [0.4, 0.5) is 11.4 Å². The molecule has 0 aliphatic rings. The van der Waals surface area contributed by atoms with Gasteiger partial charge in [0.05, 0.1) is 7.11 Å². The number of nitrogens with one attached hydrogen (secondary N) is 1. The van der Waals surface area contributed by atoms with Gasteiger partial charge in [0, 0.05) is 30.1 Å². The Bertz CT molecular complexity index is 576. The molecule has 0 heterocycles. The number of nitrogens with two attached hydrogens (primary N) is 1. The first kappa shape index (κ1) is 17.1. The summed E-state index contributed by atoms with van der Waals surface area (Å²) >= 11 is 0. The molecule has 4 N–H and O–H groups in total. The van der Waals surface area contributed by atoms with Gasteiger partial charge in [-0.15, -0.1) is 12.4 Å². The summed E-state index contributed by atoms with van der Waals surface area (Å²) in [6, 6.07) is 13.6. The number of methoxy groups -OCH3 is 1. The van der Waals surface area contributed by atoms with E-state index in [4.69, 9.17) is 15.6 Å². The first-order valence-electron chi connectivity index (χ1n) is 6.59. The molecule has 0 spiro atoms. The smallest absolute Gasteiger partial charge is 0.123 e. The van der Waals surface area contributed by atoms with E-state index in [9.17, 15) is 0 Å². The molecule has 0 atom stereocenters. The maximum Gasteiger partial charge on any atom is 0.123 e. The molecule has 0 unspecified atom stereocenters. The molecule has 0 radical (unpaired) electrons. The summed E-state index contributed by atoms with van der Waals surface area (Å²) in [6.07, 6.45) is 0.583. The molecule has 0 amide bonds. The molecule has 2 aromatic carbocycles. The fraction of sp³-hybridized carbons (Fsp3) is 0.250. The Kier molecular flexibility index (Phi) is 6.85. The van der Waals surface area contributed by atoms with Gasteiger partial charge in [0.25, 0.3) is 0 Å². The average molecular weight is 309 g/mol. The second kappa shape index (κ2) is 8.39. The summed E-state index contributed by atoms with van der Waals surface area (Å²) in [5.41, 5.74) is 9.57. The lowest BCUT2D eigenvalue weighted by Crippen LogP contribution is -2.05. The fourth-order valence-corrected chi connectivity index (χ4v) is 2.15. The summed E-state index contributed by atoms with van der Waals surface area (Å²) in [4.78, 5) is 0. The van der Waals surface area contributed by atoms with Crippen LogP contribution in [0.15, 0.2) is 42.5 Å². The quantitative estimate of drug-likeness (QED) is 0.718. The molecule has 0 aliphatic heterocycles. The number of anilines is 2. The molecule has 5 heteroatoms. The van der Waals surface area contributed by atoms with E-state index < -0.39 is 0 Å². The average Bonchev–Trinajstić information content (AvgIpc) is 2.47. The van der Waals surface area contributed by atoms with Crippen molar-refractivity contribution in [3.63, 3.8) is 0 Å².